The number of anilines is 1. The highest BCUT2D eigenvalue weighted by Gasteiger charge is 2.44. The normalized spacial score (nSPS) is 18.3. The third-order valence-corrected chi connectivity index (χ3v) is 5.68. The summed E-state index contributed by atoms with van der Waals surface area (Å²) in [5, 5.41) is 24.8. The Kier molecular flexibility index (Phi) is 6.20. The summed E-state index contributed by atoms with van der Waals surface area (Å²) in [6.07, 6.45) is 0. The van der Waals surface area contributed by atoms with Gasteiger partial charge in [0.1, 0.15) is 5.92 Å². The lowest BCUT2D eigenvalue weighted by Gasteiger charge is -2.34. The first-order valence-corrected chi connectivity index (χ1v) is 9.53. The summed E-state index contributed by atoms with van der Waals surface area (Å²) in [6, 6.07) is 7.69. The van der Waals surface area contributed by atoms with Gasteiger partial charge in [-0.25, -0.2) is 0 Å². The van der Waals surface area contributed by atoms with Gasteiger partial charge in [-0.05, 0) is 31.0 Å². The molecule has 0 saturated heterocycles. The Morgan fingerprint density at radius 2 is 2.04 bits per heavy atom. The maximum absolute atomic E-state index is 12.3. The first-order valence-electron chi connectivity index (χ1n) is 8.16. The summed E-state index contributed by atoms with van der Waals surface area (Å²) >= 11 is 7.25. The Hall–Kier alpha value is -2.48. The van der Waals surface area contributed by atoms with E-state index in [1.54, 1.807) is 19.9 Å². The minimum absolute atomic E-state index is 0.0161. The van der Waals surface area contributed by atoms with Crippen molar-refractivity contribution in [3.8, 4) is 12.1 Å². The summed E-state index contributed by atoms with van der Waals surface area (Å²) in [4.78, 5) is 24.5. The molecule has 27 heavy (non-hydrogen) atoms. The number of thioether (sulfide) groups is 1. The van der Waals surface area contributed by atoms with Gasteiger partial charge in [-0.2, -0.15) is 10.5 Å². The van der Waals surface area contributed by atoms with Gasteiger partial charge in [-0.1, -0.05) is 43.3 Å². The molecular formula is C19H19ClN4O2S. The van der Waals surface area contributed by atoms with E-state index >= 15 is 0 Å². The number of aryl methyl sites for hydroxylation is 2. The molecule has 1 aromatic carbocycles. The second kappa shape index (κ2) is 8.04. The highest BCUT2D eigenvalue weighted by atomic mass is 35.5. The number of nitriles is 2. The topological polar surface area (TPSA) is 106 Å². The monoisotopic (exact) mass is 402 g/mol. The lowest BCUT2D eigenvalue weighted by atomic mass is 9.72. The average molecular weight is 403 g/mol. The molecule has 8 heteroatoms. The molecule has 0 unspecified atom stereocenters. The van der Waals surface area contributed by atoms with Crippen LogP contribution < -0.4 is 10.6 Å². The Balaban J connectivity index is 2.17. The van der Waals surface area contributed by atoms with E-state index in [-0.39, 0.29) is 17.2 Å². The van der Waals surface area contributed by atoms with Crippen molar-refractivity contribution >= 4 is 40.9 Å². The van der Waals surface area contributed by atoms with Crippen LogP contribution in [0.2, 0.25) is 5.02 Å². The predicted octanol–water partition coefficient (Wildman–Crippen LogP) is 3.66. The minimum Gasteiger partial charge on any atom is -0.324 e. The van der Waals surface area contributed by atoms with Crippen LogP contribution in [-0.4, -0.2) is 17.6 Å². The van der Waals surface area contributed by atoms with Crippen molar-refractivity contribution in [1.29, 1.82) is 10.5 Å². The molecule has 0 bridgehead atoms. The van der Waals surface area contributed by atoms with Crippen molar-refractivity contribution in [2.75, 3.05) is 11.1 Å². The highest BCUT2D eigenvalue weighted by molar-refractivity contribution is 8.03. The smallest absolute Gasteiger partial charge is 0.243 e. The van der Waals surface area contributed by atoms with E-state index in [4.69, 9.17) is 11.6 Å². The lowest BCUT2D eigenvalue weighted by Crippen LogP contribution is -2.44. The zero-order valence-electron chi connectivity index (χ0n) is 15.4. The van der Waals surface area contributed by atoms with E-state index in [1.807, 2.05) is 26.0 Å². The molecule has 2 rings (SSSR count). The van der Waals surface area contributed by atoms with Gasteiger partial charge in [0.25, 0.3) is 0 Å². The van der Waals surface area contributed by atoms with E-state index in [2.05, 4.69) is 16.7 Å². The number of nitrogens with one attached hydrogen (secondary N) is 2. The van der Waals surface area contributed by atoms with Crippen LogP contribution in [0, 0.1) is 47.8 Å². The van der Waals surface area contributed by atoms with E-state index in [9.17, 15) is 20.1 Å². The van der Waals surface area contributed by atoms with Crippen molar-refractivity contribution in [1.82, 2.24) is 5.32 Å². The maximum Gasteiger partial charge on any atom is 0.243 e. The fourth-order valence-electron chi connectivity index (χ4n) is 2.92. The number of carbonyl (C=O) groups excluding carboxylic acids is 2. The Morgan fingerprint density at radius 1 is 1.37 bits per heavy atom. The van der Waals surface area contributed by atoms with Crippen molar-refractivity contribution in [2.45, 2.75) is 27.7 Å². The molecule has 1 aromatic rings. The van der Waals surface area contributed by atoms with Gasteiger partial charge in [0.2, 0.25) is 11.8 Å². The fourth-order valence-corrected chi connectivity index (χ4v) is 4.26. The van der Waals surface area contributed by atoms with Crippen LogP contribution in [0.15, 0.2) is 22.7 Å². The van der Waals surface area contributed by atoms with Gasteiger partial charge >= 0.3 is 0 Å². The molecule has 2 amide bonds. The molecule has 6 nitrogen and oxygen atoms in total. The van der Waals surface area contributed by atoms with Crippen LogP contribution in [0.3, 0.4) is 0 Å². The minimum atomic E-state index is -0.959. The van der Waals surface area contributed by atoms with Crippen LogP contribution in [0.1, 0.15) is 25.0 Å². The van der Waals surface area contributed by atoms with Gasteiger partial charge in [0.15, 0.2) is 0 Å². The molecule has 0 fully saturated rings. The summed E-state index contributed by atoms with van der Waals surface area (Å²) in [6.45, 7) is 7.12. The molecular weight excluding hydrogens is 384 g/mol. The largest absolute Gasteiger partial charge is 0.324 e. The Bertz CT molecular complexity index is 902. The Labute approximate surface area is 167 Å². The van der Waals surface area contributed by atoms with Crippen LogP contribution in [0.5, 0.6) is 0 Å². The maximum atomic E-state index is 12.3. The first kappa shape index (κ1) is 20.8. The zero-order chi connectivity index (χ0) is 20.4. The van der Waals surface area contributed by atoms with E-state index < -0.39 is 17.2 Å². The zero-order valence-corrected chi connectivity index (χ0v) is 17.0. The molecule has 140 valence electrons. The number of hydrogen-bond donors (Lipinski definition) is 2. The molecule has 0 radical (unpaired) electrons. The predicted molar refractivity (Wildman–Crippen MR) is 106 cm³/mol. The van der Waals surface area contributed by atoms with Gasteiger partial charge in [0.05, 0.1) is 39.2 Å². The quantitative estimate of drug-likeness (QED) is 0.799. The lowest BCUT2D eigenvalue weighted by molar-refractivity contribution is -0.125. The fraction of sp³-hybridized carbons (Fsp3) is 0.368. The van der Waals surface area contributed by atoms with Crippen LogP contribution >= 0.6 is 23.4 Å². The Morgan fingerprint density at radius 3 is 2.59 bits per heavy atom. The van der Waals surface area contributed by atoms with Crippen molar-refractivity contribution in [3.63, 3.8) is 0 Å². The molecule has 1 aliphatic heterocycles. The number of rotatable bonds is 4. The number of benzene rings is 1. The number of carbonyl (C=O) groups is 2. The van der Waals surface area contributed by atoms with Crippen LogP contribution in [0.25, 0.3) is 0 Å². The van der Waals surface area contributed by atoms with Crippen molar-refractivity contribution < 1.29 is 9.59 Å². The number of nitrogens with zero attached hydrogens (tertiary/aromatic N) is 2. The molecule has 1 aliphatic rings. The summed E-state index contributed by atoms with van der Waals surface area (Å²) in [5.74, 6) is -1.76. The van der Waals surface area contributed by atoms with Gasteiger partial charge < -0.3 is 10.6 Å². The first-order chi connectivity index (χ1) is 12.6. The van der Waals surface area contributed by atoms with E-state index in [0.717, 1.165) is 22.9 Å². The molecule has 0 saturated carbocycles. The summed E-state index contributed by atoms with van der Waals surface area (Å²) in [5.41, 5.74) is 1.74. The standard InChI is InChI=1S/C19H19ClN4O2S/c1-10-5-11(2)16(14(20)6-10)23-15(25)9-27-18-13(8-22)19(3,4)12(7-21)17(26)24-18/h5-6,12H,9H2,1-4H3,(H,23,25)(H,24,26)/t12-/m0/s1. The number of allylic oxidation sites excluding steroid dienone is 1. The molecule has 2 N–H and O–H groups in total. The summed E-state index contributed by atoms with van der Waals surface area (Å²) < 4.78 is 0. The average Bonchev–Trinajstić information content (AvgIpc) is 2.55. The second-order valence-corrected chi connectivity index (χ2v) is 8.26. The number of halogens is 1. The molecule has 1 heterocycles. The number of amides is 2. The number of hydrogen-bond acceptors (Lipinski definition) is 5. The molecule has 0 aromatic heterocycles. The third-order valence-electron chi connectivity index (χ3n) is 4.38. The van der Waals surface area contributed by atoms with Gasteiger partial charge in [-0.15, -0.1) is 0 Å². The van der Waals surface area contributed by atoms with Gasteiger partial charge in [-0.3, -0.25) is 9.59 Å². The molecule has 1 atom stereocenters. The highest BCUT2D eigenvalue weighted by Crippen LogP contribution is 2.41. The van der Waals surface area contributed by atoms with Crippen LogP contribution in [0.4, 0.5) is 5.69 Å². The van der Waals surface area contributed by atoms with Crippen molar-refractivity contribution in [3.05, 3.63) is 38.9 Å². The van der Waals surface area contributed by atoms with Gasteiger partial charge in [0, 0.05) is 5.41 Å². The second-order valence-electron chi connectivity index (χ2n) is 6.86. The SMILES string of the molecule is Cc1cc(C)c(NC(=O)CSC2=C(C#N)C(C)(C)[C@@H](C#N)C(=O)N2)c(Cl)c1. The van der Waals surface area contributed by atoms with Crippen molar-refractivity contribution in [2.24, 2.45) is 11.3 Å². The van der Waals surface area contributed by atoms with E-state index in [1.165, 1.54) is 0 Å². The van der Waals surface area contributed by atoms with Crippen LogP contribution in [-0.2, 0) is 9.59 Å². The molecule has 0 aliphatic carbocycles. The third kappa shape index (κ3) is 4.27. The van der Waals surface area contributed by atoms with E-state index in [0.29, 0.717) is 15.7 Å². The molecule has 0 spiro atoms. The summed E-state index contributed by atoms with van der Waals surface area (Å²) in [7, 11) is 0.